The minimum Gasteiger partial charge on any atom is -0.366 e. The highest BCUT2D eigenvalue weighted by molar-refractivity contribution is 6.29. The molecule has 0 aliphatic carbocycles. The first-order chi connectivity index (χ1) is 11.1. The van der Waals surface area contributed by atoms with Crippen LogP contribution in [-0.4, -0.2) is 19.2 Å². The van der Waals surface area contributed by atoms with E-state index >= 15 is 0 Å². The lowest BCUT2D eigenvalue weighted by Crippen LogP contribution is -2.18. The van der Waals surface area contributed by atoms with Crippen molar-refractivity contribution in [3.05, 3.63) is 57.2 Å². The zero-order valence-electron chi connectivity index (χ0n) is 13.1. The lowest BCUT2D eigenvalue weighted by Gasteiger charge is -2.10. The molecule has 0 bridgehead atoms. The minimum atomic E-state index is -0.00272. The lowest BCUT2D eigenvalue weighted by atomic mass is 10.2. The van der Waals surface area contributed by atoms with Gasteiger partial charge in [0.1, 0.15) is 11.0 Å². The molecular formula is C16H18ClN5O. The number of halogens is 1. The number of anilines is 1. The van der Waals surface area contributed by atoms with E-state index in [1.807, 2.05) is 13.0 Å². The molecule has 0 amide bonds. The van der Waals surface area contributed by atoms with Crippen LogP contribution in [0.2, 0.25) is 5.15 Å². The second-order valence-corrected chi connectivity index (χ2v) is 5.62. The summed E-state index contributed by atoms with van der Waals surface area (Å²) in [5.41, 5.74) is 2.70. The smallest absolute Gasteiger partial charge is 0.250 e. The Kier molecular flexibility index (Phi) is 4.34. The Bertz CT molecular complexity index is 899. The molecule has 0 unspecified atom stereocenters. The van der Waals surface area contributed by atoms with Crippen molar-refractivity contribution in [2.45, 2.75) is 33.4 Å². The van der Waals surface area contributed by atoms with Crippen molar-refractivity contribution in [2.75, 3.05) is 5.32 Å². The molecule has 0 aliphatic heterocycles. The van der Waals surface area contributed by atoms with Gasteiger partial charge in [-0.15, -0.1) is 0 Å². The third-order valence-electron chi connectivity index (χ3n) is 3.77. The number of aromatic nitrogens is 4. The van der Waals surface area contributed by atoms with E-state index < -0.39 is 0 Å². The van der Waals surface area contributed by atoms with Gasteiger partial charge in [-0.05, 0) is 25.0 Å². The van der Waals surface area contributed by atoms with Crippen LogP contribution < -0.4 is 10.9 Å². The molecule has 3 aromatic rings. The normalized spacial score (nSPS) is 11.1. The summed E-state index contributed by atoms with van der Waals surface area (Å²) in [7, 11) is 0. The zero-order chi connectivity index (χ0) is 16.4. The van der Waals surface area contributed by atoms with E-state index in [-0.39, 0.29) is 5.56 Å². The fraction of sp³-hybridized carbons (Fsp3) is 0.312. The molecule has 0 atom stereocenters. The summed E-state index contributed by atoms with van der Waals surface area (Å²) in [6, 6.07) is 5.30. The molecule has 0 saturated carbocycles. The molecule has 3 rings (SSSR count). The third-order valence-corrected chi connectivity index (χ3v) is 3.96. The maximum Gasteiger partial charge on any atom is 0.250 e. The minimum absolute atomic E-state index is 0.00272. The number of aryl methyl sites for hydroxylation is 2. The standard InChI is InChI=1S/C16H18ClN5O/c1-3-12-10-19-22-14(8-13(17)20-16(12)22)18-9-11-5-6-21(4-2)15(23)7-11/h5-8,10,18H,3-4,9H2,1-2H3. The predicted molar refractivity (Wildman–Crippen MR) is 91.1 cm³/mol. The monoisotopic (exact) mass is 331 g/mol. The predicted octanol–water partition coefficient (Wildman–Crippen LogP) is 2.74. The van der Waals surface area contributed by atoms with Crippen LogP contribution in [-0.2, 0) is 19.5 Å². The van der Waals surface area contributed by atoms with Gasteiger partial charge in [-0.3, -0.25) is 4.79 Å². The molecule has 120 valence electrons. The van der Waals surface area contributed by atoms with Crippen molar-refractivity contribution < 1.29 is 0 Å². The van der Waals surface area contributed by atoms with Crippen molar-refractivity contribution >= 4 is 23.1 Å². The summed E-state index contributed by atoms with van der Waals surface area (Å²) in [4.78, 5) is 16.2. The van der Waals surface area contributed by atoms with Gasteiger partial charge in [-0.25, -0.2) is 4.98 Å². The third kappa shape index (κ3) is 3.07. The first-order valence-corrected chi connectivity index (χ1v) is 7.96. The summed E-state index contributed by atoms with van der Waals surface area (Å²) >= 11 is 6.11. The van der Waals surface area contributed by atoms with Crippen molar-refractivity contribution in [1.29, 1.82) is 0 Å². The molecule has 3 heterocycles. The summed E-state index contributed by atoms with van der Waals surface area (Å²) in [6.07, 6.45) is 4.44. The van der Waals surface area contributed by atoms with E-state index in [1.54, 1.807) is 33.6 Å². The molecule has 7 heteroatoms. The van der Waals surface area contributed by atoms with Gasteiger partial charge in [-0.2, -0.15) is 9.61 Å². The van der Waals surface area contributed by atoms with E-state index in [2.05, 4.69) is 22.3 Å². The van der Waals surface area contributed by atoms with Crippen molar-refractivity contribution in [2.24, 2.45) is 0 Å². The molecular weight excluding hydrogens is 314 g/mol. The van der Waals surface area contributed by atoms with Crippen LogP contribution in [0.25, 0.3) is 5.65 Å². The van der Waals surface area contributed by atoms with Crippen LogP contribution in [0, 0.1) is 0 Å². The Morgan fingerprint density at radius 1 is 1.30 bits per heavy atom. The fourth-order valence-electron chi connectivity index (χ4n) is 2.47. The average Bonchev–Trinajstić information content (AvgIpc) is 2.95. The van der Waals surface area contributed by atoms with Crippen molar-refractivity contribution in [3.8, 4) is 0 Å². The topological polar surface area (TPSA) is 64.2 Å². The van der Waals surface area contributed by atoms with Crippen LogP contribution in [0.4, 0.5) is 5.82 Å². The van der Waals surface area contributed by atoms with Gasteiger partial charge in [0.2, 0.25) is 0 Å². The maximum atomic E-state index is 11.9. The Morgan fingerprint density at radius 3 is 2.83 bits per heavy atom. The van der Waals surface area contributed by atoms with E-state index in [0.29, 0.717) is 18.2 Å². The molecule has 3 aromatic heterocycles. The van der Waals surface area contributed by atoms with Crippen molar-refractivity contribution in [3.63, 3.8) is 0 Å². The highest BCUT2D eigenvalue weighted by Crippen LogP contribution is 2.19. The Morgan fingerprint density at radius 2 is 2.13 bits per heavy atom. The van der Waals surface area contributed by atoms with Gasteiger partial charge in [0.25, 0.3) is 5.56 Å². The summed E-state index contributed by atoms with van der Waals surface area (Å²) in [5, 5.41) is 8.04. The molecule has 0 aliphatic rings. The number of rotatable bonds is 5. The summed E-state index contributed by atoms with van der Waals surface area (Å²) in [6.45, 7) is 5.17. The average molecular weight is 332 g/mol. The first-order valence-electron chi connectivity index (χ1n) is 7.58. The van der Waals surface area contributed by atoms with Crippen LogP contribution in [0.5, 0.6) is 0 Å². The van der Waals surface area contributed by atoms with Gasteiger partial charge < -0.3 is 9.88 Å². The highest BCUT2D eigenvalue weighted by atomic mass is 35.5. The Hall–Kier alpha value is -2.34. The Balaban J connectivity index is 1.88. The fourth-order valence-corrected chi connectivity index (χ4v) is 2.65. The molecule has 1 N–H and O–H groups in total. The second kappa shape index (κ2) is 6.42. The number of pyridine rings is 1. The lowest BCUT2D eigenvalue weighted by molar-refractivity contribution is 0.723. The molecule has 0 radical (unpaired) electrons. The SMILES string of the molecule is CCc1cnn2c(NCc3ccn(CC)c(=O)c3)cc(Cl)nc12. The first kappa shape index (κ1) is 15.6. The van der Waals surface area contributed by atoms with Gasteiger partial charge >= 0.3 is 0 Å². The maximum absolute atomic E-state index is 11.9. The summed E-state index contributed by atoms with van der Waals surface area (Å²) < 4.78 is 3.39. The van der Waals surface area contributed by atoms with Gasteiger partial charge in [0.05, 0.1) is 6.20 Å². The number of fused-ring (bicyclic) bond motifs is 1. The number of nitrogens with one attached hydrogen (secondary N) is 1. The number of nitrogens with zero attached hydrogens (tertiary/aromatic N) is 4. The number of hydrogen-bond donors (Lipinski definition) is 1. The van der Waals surface area contributed by atoms with Crippen LogP contribution in [0.1, 0.15) is 25.0 Å². The second-order valence-electron chi connectivity index (χ2n) is 5.24. The zero-order valence-corrected chi connectivity index (χ0v) is 13.8. The Labute approximate surface area is 138 Å². The van der Waals surface area contributed by atoms with E-state index in [1.165, 1.54) is 0 Å². The van der Waals surface area contributed by atoms with E-state index in [9.17, 15) is 4.79 Å². The molecule has 6 nitrogen and oxygen atoms in total. The quantitative estimate of drug-likeness (QED) is 0.730. The molecule has 0 aromatic carbocycles. The molecule has 0 fully saturated rings. The molecule has 0 saturated heterocycles. The van der Waals surface area contributed by atoms with E-state index in [0.717, 1.165) is 29.0 Å². The van der Waals surface area contributed by atoms with Gasteiger partial charge in [0, 0.05) is 37.0 Å². The van der Waals surface area contributed by atoms with Crippen LogP contribution in [0.3, 0.4) is 0 Å². The largest absolute Gasteiger partial charge is 0.366 e. The van der Waals surface area contributed by atoms with Crippen LogP contribution in [0.15, 0.2) is 35.4 Å². The van der Waals surface area contributed by atoms with E-state index in [4.69, 9.17) is 11.6 Å². The van der Waals surface area contributed by atoms with Crippen LogP contribution >= 0.6 is 11.6 Å². The highest BCUT2D eigenvalue weighted by Gasteiger charge is 2.10. The number of hydrogen-bond acceptors (Lipinski definition) is 4. The summed E-state index contributed by atoms with van der Waals surface area (Å²) in [5.74, 6) is 0.749. The van der Waals surface area contributed by atoms with Crippen molar-refractivity contribution in [1.82, 2.24) is 19.2 Å². The molecule has 23 heavy (non-hydrogen) atoms. The molecule has 0 spiro atoms. The van der Waals surface area contributed by atoms with Gasteiger partial charge in [0.15, 0.2) is 5.65 Å². The van der Waals surface area contributed by atoms with Gasteiger partial charge in [-0.1, -0.05) is 18.5 Å².